The van der Waals surface area contributed by atoms with E-state index in [9.17, 15) is 4.79 Å². The number of nitrogens with one attached hydrogen (secondary N) is 1. The van der Waals surface area contributed by atoms with Gasteiger partial charge in [0.15, 0.2) is 0 Å². The Morgan fingerprint density at radius 3 is 2.91 bits per heavy atom. The maximum absolute atomic E-state index is 12.5. The van der Waals surface area contributed by atoms with Gasteiger partial charge in [0, 0.05) is 11.4 Å². The molecular formula is C18H24N2O2. The minimum Gasteiger partial charge on any atom is -0.460 e. The minimum atomic E-state index is -0.284. The van der Waals surface area contributed by atoms with E-state index in [-0.39, 0.29) is 17.9 Å². The van der Waals surface area contributed by atoms with Crippen molar-refractivity contribution in [2.24, 2.45) is 11.7 Å². The van der Waals surface area contributed by atoms with Gasteiger partial charge < -0.3 is 15.5 Å². The van der Waals surface area contributed by atoms with E-state index in [1.807, 2.05) is 37.3 Å². The average Bonchev–Trinajstić information content (AvgIpc) is 2.98. The molecule has 1 aliphatic rings. The second-order valence-electron chi connectivity index (χ2n) is 6.30. The van der Waals surface area contributed by atoms with Crippen LogP contribution in [0.25, 0.3) is 11.0 Å². The second kappa shape index (κ2) is 6.53. The molecule has 4 heteroatoms. The third kappa shape index (κ3) is 3.02. The van der Waals surface area contributed by atoms with Crippen molar-refractivity contribution in [1.82, 2.24) is 5.32 Å². The lowest BCUT2D eigenvalue weighted by Crippen LogP contribution is -2.45. The monoisotopic (exact) mass is 300 g/mol. The summed E-state index contributed by atoms with van der Waals surface area (Å²) < 4.78 is 5.81. The van der Waals surface area contributed by atoms with E-state index >= 15 is 0 Å². The van der Waals surface area contributed by atoms with Gasteiger partial charge >= 0.3 is 0 Å². The van der Waals surface area contributed by atoms with Crippen molar-refractivity contribution in [3.05, 3.63) is 36.1 Å². The fourth-order valence-corrected chi connectivity index (χ4v) is 3.33. The Kier molecular flexibility index (Phi) is 4.48. The zero-order chi connectivity index (χ0) is 15.5. The summed E-state index contributed by atoms with van der Waals surface area (Å²) in [4.78, 5) is 12.5. The molecular weight excluding hydrogens is 276 g/mol. The Labute approximate surface area is 131 Å². The number of furan rings is 1. The van der Waals surface area contributed by atoms with Crippen molar-refractivity contribution >= 4 is 16.9 Å². The number of benzene rings is 1. The van der Waals surface area contributed by atoms with Gasteiger partial charge in [-0.2, -0.15) is 0 Å². The Hall–Kier alpha value is -1.81. The first-order valence-corrected chi connectivity index (χ1v) is 8.18. The summed E-state index contributed by atoms with van der Waals surface area (Å²) in [6.07, 6.45) is 4.52. The third-order valence-electron chi connectivity index (χ3n) is 4.80. The van der Waals surface area contributed by atoms with Crippen LogP contribution in [0.4, 0.5) is 0 Å². The summed E-state index contributed by atoms with van der Waals surface area (Å²) in [5.74, 6) is 0.872. The predicted molar refractivity (Wildman–Crippen MR) is 87.6 cm³/mol. The fraction of sp³-hybridized carbons (Fsp3) is 0.500. The Bertz CT molecular complexity index is 616. The highest BCUT2D eigenvalue weighted by molar-refractivity contribution is 5.85. The molecule has 1 aromatic heterocycles. The van der Waals surface area contributed by atoms with Crippen molar-refractivity contribution in [3.8, 4) is 0 Å². The molecule has 1 aromatic carbocycles. The van der Waals surface area contributed by atoms with E-state index in [2.05, 4.69) is 5.32 Å². The van der Waals surface area contributed by atoms with Crippen LogP contribution in [0.1, 0.15) is 44.3 Å². The van der Waals surface area contributed by atoms with E-state index < -0.39 is 0 Å². The highest BCUT2D eigenvalue weighted by Gasteiger charge is 2.28. The topological polar surface area (TPSA) is 68.3 Å². The SMILES string of the molecule is CC(C(=O)NC1CCCCC1CN)c1cc2ccccc2o1. The molecule has 1 heterocycles. The number of carbonyl (C=O) groups excluding carboxylic acids is 1. The van der Waals surface area contributed by atoms with Crippen LogP contribution in [0.3, 0.4) is 0 Å². The van der Waals surface area contributed by atoms with Crippen LogP contribution in [0.5, 0.6) is 0 Å². The molecule has 0 aliphatic heterocycles. The zero-order valence-corrected chi connectivity index (χ0v) is 13.0. The number of rotatable bonds is 4. The number of fused-ring (bicyclic) bond motifs is 1. The molecule has 3 N–H and O–H groups in total. The Morgan fingerprint density at radius 1 is 1.36 bits per heavy atom. The standard InChI is InChI=1S/C18H24N2O2/c1-12(17-10-13-6-3-5-9-16(13)22-17)18(21)20-15-8-4-2-7-14(15)11-19/h3,5-6,9-10,12,14-15H,2,4,7-8,11,19H2,1H3,(H,20,21). The summed E-state index contributed by atoms with van der Waals surface area (Å²) >= 11 is 0. The summed E-state index contributed by atoms with van der Waals surface area (Å²) in [7, 11) is 0. The number of amides is 1. The normalized spacial score (nSPS) is 23.4. The molecule has 0 bridgehead atoms. The van der Waals surface area contributed by atoms with Crippen molar-refractivity contribution < 1.29 is 9.21 Å². The molecule has 1 aliphatic carbocycles. The van der Waals surface area contributed by atoms with Crippen LogP contribution in [-0.4, -0.2) is 18.5 Å². The molecule has 0 saturated heterocycles. The molecule has 1 amide bonds. The van der Waals surface area contributed by atoms with Crippen LogP contribution in [0.15, 0.2) is 34.7 Å². The van der Waals surface area contributed by atoms with Gasteiger partial charge in [-0.05, 0) is 44.4 Å². The second-order valence-corrected chi connectivity index (χ2v) is 6.30. The van der Waals surface area contributed by atoms with Crippen LogP contribution in [0, 0.1) is 5.92 Å². The molecule has 4 nitrogen and oxygen atoms in total. The first-order chi connectivity index (χ1) is 10.7. The zero-order valence-electron chi connectivity index (χ0n) is 13.0. The van der Waals surface area contributed by atoms with Gasteiger partial charge in [-0.1, -0.05) is 31.0 Å². The number of nitrogens with two attached hydrogens (primary N) is 1. The van der Waals surface area contributed by atoms with Crippen molar-refractivity contribution in [2.75, 3.05) is 6.54 Å². The molecule has 1 saturated carbocycles. The largest absolute Gasteiger partial charge is 0.460 e. The first-order valence-electron chi connectivity index (χ1n) is 8.18. The van der Waals surface area contributed by atoms with Gasteiger partial charge in [0.2, 0.25) is 5.91 Å². The van der Waals surface area contributed by atoms with Gasteiger partial charge in [0.25, 0.3) is 0 Å². The molecule has 3 rings (SSSR count). The van der Waals surface area contributed by atoms with Crippen LogP contribution < -0.4 is 11.1 Å². The Balaban J connectivity index is 1.70. The van der Waals surface area contributed by atoms with Gasteiger partial charge in [-0.15, -0.1) is 0 Å². The number of hydrogen-bond donors (Lipinski definition) is 2. The summed E-state index contributed by atoms with van der Waals surface area (Å²) in [5, 5.41) is 4.22. The molecule has 118 valence electrons. The van der Waals surface area contributed by atoms with E-state index in [4.69, 9.17) is 10.2 Å². The molecule has 2 aromatic rings. The van der Waals surface area contributed by atoms with Gasteiger partial charge in [0.1, 0.15) is 11.3 Å². The average molecular weight is 300 g/mol. The van der Waals surface area contributed by atoms with Crippen molar-refractivity contribution in [2.45, 2.75) is 44.6 Å². The summed E-state index contributed by atoms with van der Waals surface area (Å²) in [5.41, 5.74) is 6.67. The van der Waals surface area contributed by atoms with E-state index in [0.29, 0.717) is 12.5 Å². The smallest absolute Gasteiger partial charge is 0.230 e. The first kappa shape index (κ1) is 15.1. The molecule has 1 fully saturated rings. The van der Waals surface area contributed by atoms with Crippen LogP contribution in [0.2, 0.25) is 0 Å². The molecule has 3 atom stereocenters. The van der Waals surface area contributed by atoms with Crippen molar-refractivity contribution in [3.63, 3.8) is 0 Å². The molecule has 0 spiro atoms. The van der Waals surface area contributed by atoms with Gasteiger partial charge in [-0.3, -0.25) is 4.79 Å². The van der Waals surface area contributed by atoms with E-state index in [1.165, 1.54) is 12.8 Å². The summed E-state index contributed by atoms with van der Waals surface area (Å²) in [6.45, 7) is 2.54. The van der Waals surface area contributed by atoms with Gasteiger partial charge in [0.05, 0.1) is 5.92 Å². The van der Waals surface area contributed by atoms with E-state index in [0.717, 1.165) is 29.6 Å². The highest BCUT2D eigenvalue weighted by atomic mass is 16.3. The third-order valence-corrected chi connectivity index (χ3v) is 4.80. The maximum atomic E-state index is 12.5. The van der Waals surface area contributed by atoms with Crippen LogP contribution >= 0.6 is 0 Å². The minimum absolute atomic E-state index is 0.0319. The lowest BCUT2D eigenvalue weighted by atomic mass is 9.84. The number of para-hydroxylation sites is 1. The molecule has 0 radical (unpaired) electrons. The lowest BCUT2D eigenvalue weighted by Gasteiger charge is -2.31. The quantitative estimate of drug-likeness (QED) is 0.911. The highest BCUT2D eigenvalue weighted by Crippen LogP contribution is 2.27. The fourth-order valence-electron chi connectivity index (χ4n) is 3.33. The lowest BCUT2D eigenvalue weighted by molar-refractivity contribution is -0.123. The van der Waals surface area contributed by atoms with E-state index in [1.54, 1.807) is 0 Å². The number of carbonyl (C=O) groups is 1. The van der Waals surface area contributed by atoms with Gasteiger partial charge in [-0.25, -0.2) is 0 Å². The maximum Gasteiger partial charge on any atom is 0.230 e. The summed E-state index contributed by atoms with van der Waals surface area (Å²) in [6, 6.07) is 10.0. The molecule has 22 heavy (non-hydrogen) atoms. The molecule has 3 unspecified atom stereocenters. The number of hydrogen-bond acceptors (Lipinski definition) is 3. The Morgan fingerprint density at radius 2 is 2.14 bits per heavy atom. The van der Waals surface area contributed by atoms with Crippen LogP contribution in [-0.2, 0) is 4.79 Å². The van der Waals surface area contributed by atoms with Crippen molar-refractivity contribution in [1.29, 1.82) is 0 Å². The predicted octanol–water partition coefficient (Wildman–Crippen LogP) is 3.17.